The molecule has 0 saturated heterocycles. The van der Waals surface area contributed by atoms with Crippen molar-refractivity contribution in [1.29, 1.82) is 0 Å². The highest BCUT2D eigenvalue weighted by atomic mass is 19.1. The van der Waals surface area contributed by atoms with Crippen LogP contribution in [0.4, 0.5) is 10.1 Å². The number of benzene rings is 2. The first-order chi connectivity index (χ1) is 14.6. The van der Waals surface area contributed by atoms with Gasteiger partial charge in [-0.2, -0.15) is 0 Å². The van der Waals surface area contributed by atoms with E-state index in [0.717, 1.165) is 0 Å². The number of H-pyrrole nitrogens is 1. The van der Waals surface area contributed by atoms with Gasteiger partial charge in [0.05, 0.1) is 12.8 Å². The average molecular weight is 407 g/mol. The molecule has 0 aliphatic carbocycles. The summed E-state index contributed by atoms with van der Waals surface area (Å²) < 4.78 is 23.7. The fourth-order valence-corrected chi connectivity index (χ4v) is 3.15. The summed E-state index contributed by atoms with van der Waals surface area (Å²) in [4.78, 5) is 28.3. The van der Waals surface area contributed by atoms with Crippen molar-refractivity contribution >= 4 is 22.6 Å². The molecule has 0 fully saturated rings. The van der Waals surface area contributed by atoms with E-state index in [2.05, 4.69) is 10.3 Å². The van der Waals surface area contributed by atoms with Crippen molar-refractivity contribution in [3.8, 4) is 17.2 Å². The number of hydrogen-bond donors (Lipinski definition) is 2. The molecule has 2 aromatic heterocycles. The standard InChI is InChI=1S/C22H18FN3O4/c1-29-18-4-2-3-15(12-18)24-22(28)19-11-14-5-10-20(27)26(21(14)25-19)16-6-8-17(9-7-16)30-13-23/h2-12,25H,13H2,1H3,(H,24,28). The normalized spacial score (nSPS) is 10.7. The second-order valence-corrected chi connectivity index (χ2v) is 6.43. The predicted molar refractivity (Wildman–Crippen MR) is 111 cm³/mol. The number of ether oxygens (including phenoxy) is 2. The summed E-state index contributed by atoms with van der Waals surface area (Å²) in [5.74, 6) is 0.620. The first kappa shape index (κ1) is 19.3. The van der Waals surface area contributed by atoms with Crippen LogP contribution in [0.15, 0.2) is 71.5 Å². The monoisotopic (exact) mass is 407 g/mol. The van der Waals surface area contributed by atoms with Crippen molar-refractivity contribution in [2.24, 2.45) is 0 Å². The average Bonchev–Trinajstić information content (AvgIpc) is 3.19. The van der Waals surface area contributed by atoms with E-state index in [9.17, 15) is 14.0 Å². The first-order valence-corrected chi connectivity index (χ1v) is 9.08. The molecule has 1 amide bonds. The van der Waals surface area contributed by atoms with Crippen LogP contribution < -0.4 is 20.3 Å². The van der Waals surface area contributed by atoms with E-state index in [4.69, 9.17) is 9.47 Å². The lowest BCUT2D eigenvalue weighted by molar-refractivity contribution is 0.102. The summed E-state index contributed by atoms with van der Waals surface area (Å²) in [6.07, 6.45) is 0. The number of pyridine rings is 1. The Morgan fingerprint density at radius 3 is 2.60 bits per heavy atom. The number of carbonyl (C=O) groups excluding carboxylic acids is 1. The zero-order valence-corrected chi connectivity index (χ0v) is 16.0. The zero-order valence-electron chi connectivity index (χ0n) is 16.0. The second kappa shape index (κ2) is 8.12. The Kier molecular flexibility index (Phi) is 5.21. The van der Waals surface area contributed by atoms with Gasteiger partial charge in [-0.3, -0.25) is 14.2 Å². The number of aromatic amines is 1. The Morgan fingerprint density at radius 1 is 1.07 bits per heavy atom. The minimum atomic E-state index is -0.933. The molecule has 152 valence electrons. The number of halogens is 1. The molecule has 2 aromatic carbocycles. The number of rotatable bonds is 6. The lowest BCUT2D eigenvalue weighted by atomic mass is 10.2. The molecule has 8 heteroatoms. The lowest BCUT2D eigenvalue weighted by Gasteiger charge is -2.08. The van der Waals surface area contributed by atoms with Crippen LogP contribution in [0.1, 0.15) is 10.5 Å². The van der Waals surface area contributed by atoms with Crippen LogP contribution in [-0.2, 0) is 0 Å². The molecule has 0 aliphatic rings. The molecule has 0 spiro atoms. The number of alkyl halides is 1. The van der Waals surface area contributed by atoms with Crippen molar-refractivity contribution in [3.63, 3.8) is 0 Å². The fraction of sp³-hybridized carbons (Fsp3) is 0.0909. The number of nitrogens with zero attached hydrogens (tertiary/aromatic N) is 1. The molecule has 0 bridgehead atoms. The van der Waals surface area contributed by atoms with Crippen molar-refractivity contribution in [3.05, 3.63) is 82.8 Å². The van der Waals surface area contributed by atoms with E-state index in [-0.39, 0.29) is 11.5 Å². The number of aromatic nitrogens is 2. The molecule has 30 heavy (non-hydrogen) atoms. The Hall–Kier alpha value is -4.07. The van der Waals surface area contributed by atoms with Crippen LogP contribution in [-0.4, -0.2) is 29.4 Å². The SMILES string of the molecule is COc1cccc(NC(=O)c2cc3ccc(=O)n(-c4ccc(OCF)cc4)c3[nH]2)c1. The van der Waals surface area contributed by atoms with E-state index < -0.39 is 6.86 Å². The Morgan fingerprint density at radius 2 is 1.87 bits per heavy atom. The number of nitrogens with one attached hydrogen (secondary N) is 2. The largest absolute Gasteiger partial charge is 0.497 e. The third-order valence-corrected chi connectivity index (χ3v) is 4.56. The van der Waals surface area contributed by atoms with Gasteiger partial charge in [0.15, 0.2) is 0 Å². The number of amides is 1. The first-order valence-electron chi connectivity index (χ1n) is 9.08. The van der Waals surface area contributed by atoms with Gasteiger partial charge in [0.25, 0.3) is 11.5 Å². The zero-order chi connectivity index (χ0) is 21.1. The number of fused-ring (bicyclic) bond motifs is 1. The molecule has 4 rings (SSSR count). The minimum absolute atomic E-state index is 0.275. The predicted octanol–water partition coefficient (Wildman–Crippen LogP) is 3.89. The Balaban J connectivity index is 1.69. The van der Waals surface area contributed by atoms with Gasteiger partial charge in [-0.05, 0) is 48.5 Å². The van der Waals surface area contributed by atoms with Gasteiger partial charge >= 0.3 is 0 Å². The number of methoxy groups -OCH3 is 1. The smallest absolute Gasteiger partial charge is 0.272 e. The molecule has 7 nitrogen and oxygen atoms in total. The molecule has 0 unspecified atom stereocenters. The van der Waals surface area contributed by atoms with Crippen molar-refractivity contribution in [1.82, 2.24) is 9.55 Å². The molecule has 0 aliphatic heterocycles. The maximum atomic E-state index is 12.7. The van der Waals surface area contributed by atoms with Crippen molar-refractivity contribution in [2.75, 3.05) is 19.3 Å². The topological polar surface area (TPSA) is 85.3 Å². The van der Waals surface area contributed by atoms with Crippen molar-refractivity contribution in [2.45, 2.75) is 0 Å². The van der Waals surface area contributed by atoms with Gasteiger partial charge in [-0.15, -0.1) is 0 Å². The summed E-state index contributed by atoms with van der Waals surface area (Å²) in [6, 6.07) is 18.2. The van der Waals surface area contributed by atoms with E-state index in [1.165, 1.54) is 10.6 Å². The summed E-state index contributed by atoms with van der Waals surface area (Å²) in [7, 11) is 1.55. The molecule has 2 N–H and O–H groups in total. The Labute approximate surface area is 170 Å². The highest BCUT2D eigenvalue weighted by Crippen LogP contribution is 2.21. The quantitative estimate of drug-likeness (QED) is 0.508. The molecular formula is C22H18FN3O4. The third kappa shape index (κ3) is 3.75. The van der Waals surface area contributed by atoms with E-state index in [1.54, 1.807) is 67.8 Å². The third-order valence-electron chi connectivity index (χ3n) is 4.56. The van der Waals surface area contributed by atoms with Gasteiger partial charge in [0.2, 0.25) is 6.86 Å². The maximum absolute atomic E-state index is 12.7. The fourth-order valence-electron chi connectivity index (χ4n) is 3.15. The minimum Gasteiger partial charge on any atom is -0.497 e. The van der Waals surface area contributed by atoms with Crippen LogP contribution in [0.3, 0.4) is 0 Å². The van der Waals surface area contributed by atoms with Gasteiger partial charge in [-0.1, -0.05) is 6.07 Å². The van der Waals surface area contributed by atoms with Crippen LogP contribution in [0.2, 0.25) is 0 Å². The molecule has 0 atom stereocenters. The molecule has 4 aromatic rings. The van der Waals surface area contributed by atoms with Crippen LogP contribution >= 0.6 is 0 Å². The van der Waals surface area contributed by atoms with Gasteiger partial charge in [0, 0.05) is 23.2 Å². The summed E-state index contributed by atoms with van der Waals surface area (Å²) in [5.41, 5.74) is 1.63. The summed E-state index contributed by atoms with van der Waals surface area (Å²) in [6.45, 7) is -0.933. The number of anilines is 1. The Bertz CT molecular complexity index is 1260. The van der Waals surface area contributed by atoms with Gasteiger partial charge < -0.3 is 19.8 Å². The van der Waals surface area contributed by atoms with Gasteiger partial charge in [-0.25, -0.2) is 4.39 Å². The summed E-state index contributed by atoms with van der Waals surface area (Å²) >= 11 is 0. The van der Waals surface area contributed by atoms with Gasteiger partial charge in [0.1, 0.15) is 22.8 Å². The number of carbonyl (C=O) groups is 1. The molecule has 0 radical (unpaired) electrons. The van der Waals surface area contributed by atoms with Crippen LogP contribution in [0, 0.1) is 0 Å². The highest BCUT2D eigenvalue weighted by Gasteiger charge is 2.14. The van der Waals surface area contributed by atoms with Crippen LogP contribution in [0.5, 0.6) is 11.5 Å². The van der Waals surface area contributed by atoms with Crippen molar-refractivity contribution < 1.29 is 18.7 Å². The van der Waals surface area contributed by atoms with Crippen LogP contribution in [0.25, 0.3) is 16.7 Å². The molecule has 2 heterocycles. The molecule has 0 saturated carbocycles. The second-order valence-electron chi connectivity index (χ2n) is 6.43. The van der Waals surface area contributed by atoms with E-state index in [0.29, 0.717) is 39.6 Å². The summed E-state index contributed by atoms with van der Waals surface area (Å²) in [5, 5.41) is 3.49. The maximum Gasteiger partial charge on any atom is 0.272 e. The van der Waals surface area contributed by atoms with E-state index >= 15 is 0 Å². The number of hydrogen-bond acceptors (Lipinski definition) is 4. The molecular weight excluding hydrogens is 389 g/mol. The van der Waals surface area contributed by atoms with E-state index in [1.807, 2.05) is 0 Å². The lowest BCUT2D eigenvalue weighted by Crippen LogP contribution is -2.17. The highest BCUT2D eigenvalue weighted by molar-refractivity contribution is 6.05.